The molecule has 2 aromatic carbocycles. The Balaban J connectivity index is 1.96. The van der Waals surface area contributed by atoms with Gasteiger partial charge in [-0.1, -0.05) is 18.7 Å². The van der Waals surface area contributed by atoms with Crippen molar-refractivity contribution in [2.45, 2.75) is 13.8 Å². The van der Waals surface area contributed by atoms with Crippen molar-refractivity contribution in [1.29, 1.82) is 0 Å². The topological polar surface area (TPSA) is 55.1 Å². The molecule has 1 amide bonds. The standard InChI is InChI=1S/C18H16N2O2/c1-11(2)17(21)19-14-6-4-5-13(10-14)18-20-15-9-12(3)7-8-16(15)22-18/h4-10H,1H2,2-3H3,(H,19,21). The van der Waals surface area contributed by atoms with Crippen molar-refractivity contribution in [3.05, 3.63) is 60.2 Å². The number of carbonyl (C=O) groups is 1. The van der Waals surface area contributed by atoms with Gasteiger partial charge in [0, 0.05) is 16.8 Å². The number of aromatic nitrogens is 1. The smallest absolute Gasteiger partial charge is 0.250 e. The number of anilines is 1. The van der Waals surface area contributed by atoms with Gasteiger partial charge in [-0.15, -0.1) is 0 Å². The first-order valence-electron chi connectivity index (χ1n) is 6.97. The molecule has 0 aliphatic heterocycles. The summed E-state index contributed by atoms with van der Waals surface area (Å²) >= 11 is 0. The molecule has 0 spiro atoms. The lowest BCUT2D eigenvalue weighted by molar-refractivity contribution is -0.112. The van der Waals surface area contributed by atoms with Crippen LogP contribution in [-0.4, -0.2) is 10.9 Å². The number of rotatable bonds is 3. The fraction of sp³-hybridized carbons (Fsp3) is 0.111. The van der Waals surface area contributed by atoms with Crippen LogP contribution < -0.4 is 5.32 Å². The second-order valence-corrected chi connectivity index (χ2v) is 5.31. The highest BCUT2D eigenvalue weighted by Crippen LogP contribution is 2.26. The number of aryl methyl sites for hydroxylation is 1. The normalized spacial score (nSPS) is 10.6. The molecule has 1 N–H and O–H groups in total. The molecule has 0 unspecified atom stereocenters. The number of fused-ring (bicyclic) bond motifs is 1. The number of nitrogens with one attached hydrogen (secondary N) is 1. The Labute approximate surface area is 128 Å². The van der Waals surface area contributed by atoms with E-state index in [1.54, 1.807) is 6.92 Å². The molecule has 3 rings (SSSR count). The Morgan fingerprint density at radius 3 is 2.82 bits per heavy atom. The minimum Gasteiger partial charge on any atom is -0.436 e. The Morgan fingerprint density at radius 1 is 1.23 bits per heavy atom. The van der Waals surface area contributed by atoms with E-state index in [0.29, 0.717) is 17.2 Å². The van der Waals surface area contributed by atoms with E-state index in [4.69, 9.17) is 4.42 Å². The lowest BCUT2D eigenvalue weighted by atomic mass is 10.2. The van der Waals surface area contributed by atoms with Crippen LogP contribution in [0.1, 0.15) is 12.5 Å². The molecule has 1 aromatic heterocycles. The van der Waals surface area contributed by atoms with Gasteiger partial charge in [-0.3, -0.25) is 4.79 Å². The molecule has 0 radical (unpaired) electrons. The number of carbonyl (C=O) groups excluding carboxylic acids is 1. The average molecular weight is 292 g/mol. The van der Waals surface area contributed by atoms with Gasteiger partial charge in [0.05, 0.1) is 0 Å². The zero-order valence-electron chi connectivity index (χ0n) is 12.5. The second kappa shape index (κ2) is 5.48. The van der Waals surface area contributed by atoms with Crippen LogP contribution in [0.25, 0.3) is 22.6 Å². The van der Waals surface area contributed by atoms with Crippen LogP contribution >= 0.6 is 0 Å². The van der Waals surface area contributed by atoms with Crippen molar-refractivity contribution in [1.82, 2.24) is 4.98 Å². The van der Waals surface area contributed by atoms with E-state index in [1.165, 1.54) is 0 Å². The summed E-state index contributed by atoms with van der Waals surface area (Å²) in [5.41, 5.74) is 4.67. The molecule has 4 nitrogen and oxygen atoms in total. The van der Waals surface area contributed by atoms with Crippen LogP contribution in [0.2, 0.25) is 0 Å². The van der Waals surface area contributed by atoms with Crippen molar-refractivity contribution in [2.75, 3.05) is 5.32 Å². The van der Waals surface area contributed by atoms with Crippen LogP contribution in [0.4, 0.5) is 5.69 Å². The molecule has 0 saturated carbocycles. The number of benzene rings is 2. The van der Waals surface area contributed by atoms with Gasteiger partial charge >= 0.3 is 0 Å². The summed E-state index contributed by atoms with van der Waals surface area (Å²) in [7, 11) is 0. The molecule has 0 fully saturated rings. The van der Waals surface area contributed by atoms with Crippen molar-refractivity contribution < 1.29 is 9.21 Å². The van der Waals surface area contributed by atoms with Gasteiger partial charge in [-0.2, -0.15) is 0 Å². The predicted octanol–water partition coefficient (Wildman–Crippen LogP) is 4.32. The first-order valence-corrected chi connectivity index (χ1v) is 6.97. The van der Waals surface area contributed by atoms with Crippen LogP contribution in [-0.2, 0) is 4.79 Å². The quantitative estimate of drug-likeness (QED) is 0.731. The molecule has 22 heavy (non-hydrogen) atoms. The Hall–Kier alpha value is -2.88. The van der Waals surface area contributed by atoms with E-state index in [9.17, 15) is 4.79 Å². The maximum absolute atomic E-state index is 11.7. The molecule has 0 aliphatic rings. The van der Waals surface area contributed by atoms with E-state index in [2.05, 4.69) is 16.9 Å². The fourth-order valence-electron chi connectivity index (χ4n) is 2.13. The highest BCUT2D eigenvalue weighted by Gasteiger charge is 2.10. The van der Waals surface area contributed by atoms with Crippen molar-refractivity contribution >= 4 is 22.7 Å². The van der Waals surface area contributed by atoms with Crippen LogP contribution in [0.5, 0.6) is 0 Å². The summed E-state index contributed by atoms with van der Waals surface area (Å²) in [6.45, 7) is 7.31. The monoisotopic (exact) mass is 292 g/mol. The number of amides is 1. The SMILES string of the molecule is C=C(C)C(=O)Nc1cccc(-c2nc3cc(C)ccc3o2)c1. The summed E-state index contributed by atoms with van der Waals surface area (Å²) in [4.78, 5) is 16.2. The first kappa shape index (κ1) is 14.1. The fourth-order valence-corrected chi connectivity index (χ4v) is 2.13. The zero-order valence-corrected chi connectivity index (χ0v) is 12.5. The minimum atomic E-state index is -0.203. The third-order valence-corrected chi connectivity index (χ3v) is 3.30. The average Bonchev–Trinajstić information content (AvgIpc) is 2.90. The van der Waals surface area contributed by atoms with E-state index < -0.39 is 0 Å². The highest BCUT2D eigenvalue weighted by molar-refractivity contribution is 6.03. The van der Waals surface area contributed by atoms with Gasteiger partial charge in [0.1, 0.15) is 5.52 Å². The Morgan fingerprint density at radius 2 is 2.05 bits per heavy atom. The summed E-state index contributed by atoms with van der Waals surface area (Å²) in [5.74, 6) is 0.331. The lowest BCUT2D eigenvalue weighted by Crippen LogP contribution is -2.11. The molecule has 110 valence electrons. The van der Waals surface area contributed by atoms with Gasteiger partial charge in [0.25, 0.3) is 5.91 Å². The third-order valence-electron chi connectivity index (χ3n) is 3.30. The van der Waals surface area contributed by atoms with E-state index >= 15 is 0 Å². The van der Waals surface area contributed by atoms with Gasteiger partial charge in [-0.05, 0) is 49.7 Å². The number of hydrogen-bond acceptors (Lipinski definition) is 3. The Bertz CT molecular complexity index is 878. The first-order chi connectivity index (χ1) is 10.5. The van der Waals surface area contributed by atoms with Gasteiger partial charge in [0.2, 0.25) is 5.89 Å². The molecule has 0 aliphatic carbocycles. The molecular weight excluding hydrogens is 276 g/mol. The van der Waals surface area contributed by atoms with Gasteiger partial charge < -0.3 is 9.73 Å². The summed E-state index contributed by atoms with van der Waals surface area (Å²) in [6, 6.07) is 13.3. The molecule has 0 atom stereocenters. The van der Waals surface area contributed by atoms with Crippen molar-refractivity contribution in [2.24, 2.45) is 0 Å². The number of nitrogens with zero attached hydrogens (tertiary/aromatic N) is 1. The number of oxazole rings is 1. The van der Waals surface area contributed by atoms with Crippen molar-refractivity contribution in [3.63, 3.8) is 0 Å². The van der Waals surface area contributed by atoms with Crippen LogP contribution in [0.3, 0.4) is 0 Å². The molecule has 4 heteroatoms. The van der Waals surface area contributed by atoms with E-state index in [0.717, 1.165) is 22.2 Å². The van der Waals surface area contributed by atoms with E-state index in [1.807, 2.05) is 49.4 Å². The molecule has 1 heterocycles. The maximum Gasteiger partial charge on any atom is 0.250 e. The highest BCUT2D eigenvalue weighted by atomic mass is 16.3. The van der Waals surface area contributed by atoms with Gasteiger partial charge in [-0.25, -0.2) is 4.98 Å². The molecule has 0 bridgehead atoms. The summed E-state index contributed by atoms with van der Waals surface area (Å²) < 4.78 is 5.78. The van der Waals surface area contributed by atoms with Crippen LogP contribution in [0, 0.1) is 6.92 Å². The lowest BCUT2D eigenvalue weighted by Gasteiger charge is -2.05. The summed E-state index contributed by atoms with van der Waals surface area (Å²) in [5, 5.41) is 2.79. The third kappa shape index (κ3) is 2.76. The van der Waals surface area contributed by atoms with E-state index in [-0.39, 0.29) is 5.91 Å². The van der Waals surface area contributed by atoms with Crippen molar-refractivity contribution in [3.8, 4) is 11.5 Å². The largest absolute Gasteiger partial charge is 0.436 e. The predicted molar refractivity (Wildman–Crippen MR) is 87.6 cm³/mol. The molecular formula is C18H16N2O2. The molecule has 0 saturated heterocycles. The molecule has 3 aromatic rings. The maximum atomic E-state index is 11.7. The minimum absolute atomic E-state index is 0.203. The Kier molecular flexibility index (Phi) is 3.51. The zero-order chi connectivity index (χ0) is 15.7. The van der Waals surface area contributed by atoms with Gasteiger partial charge in [0.15, 0.2) is 5.58 Å². The summed E-state index contributed by atoms with van der Waals surface area (Å²) in [6.07, 6.45) is 0. The van der Waals surface area contributed by atoms with Crippen LogP contribution in [0.15, 0.2) is 59.0 Å². The number of hydrogen-bond donors (Lipinski definition) is 1. The second-order valence-electron chi connectivity index (χ2n) is 5.31.